The number of Topliss-reactive ketones (excluding diaryl/α,β-unsaturated/α-hetero) is 1. The van der Waals surface area contributed by atoms with Crippen LogP contribution in [0.5, 0.6) is 0 Å². The number of hydrogen-bond acceptors (Lipinski definition) is 9. The van der Waals surface area contributed by atoms with Gasteiger partial charge < -0.3 is 35.0 Å². The van der Waals surface area contributed by atoms with E-state index in [4.69, 9.17) is 14.6 Å². The summed E-state index contributed by atoms with van der Waals surface area (Å²) in [5.41, 5.74) is -1.98. The van der Waals surface area contributed by atoms with Crippen molar-refractivity contribution in [2.75, 3.05) is 19.8 Å². The Morgan fingerprint density at radius 3 is 2.22 bits per heavy atom. The van der Waals surface area contributed by atoms with Gasteiger partial charge in [-0.3, -0.25) is 4.79 Å². The second-order valence-corrected chi connectivity index (χ2v) is 4.95. The first-order valence-corrected chi connectivity index (χ1v) is 6.74. The molecule has 9 heteroatoms. The highest BCUT2D eigenvalue weighted by atomic mass is 16.6. The SMILES string of the molecule is [CH2]COCC(C)(OC(=O)C=C)C(=O)[C@H](O)[C@@H](O)[C@H](O)[C@H](O)CO. The predicted molar refractivity (Wildman–Crippen MR) is 77.0 cm³/mol. The highest BCUT2D eigenvalue weighted by Crippen LogP contribution is 2.19. The minimum absolute atomic E-state index is 0.0565. The largest absolute Gasteiger partial charge is 0.446 e. The average molecular weight is 335 g/mol. The summed E-state index contributed by atoms with van der Waals surface area (Å²) in [5.74, 6) is -2.14. The summed E-state index contributed by atoms with van der Waals surface area (Å²) in [6, 6.07) is 0. The molecule has 23 heavy (non-hydrogen) atoms. The monoisotopic (exact) mass is 335 g/mol. The Bertz CT molecular complexity index is 411. The molecule has 0 heterocycles. The summed E-state index contributed by atoms with van der Waals surface area (Å²) < 4.78 is 9.80. The van der Waals surface area contributed by atoms with Gasteiger partial charge in [-0.25, -0.2) is 4.79 Å². The van der Waals surface area contributed by atoms with Crippen LogP contribution in [0.25, 0.3) is 0 Å². The Balaban J connectivity index is 5.25. The summed E-state index contributed by atoms with van der Waals surface area (Å²) in [4.78, 5) is 23.6. The average Bonchev–Trinajstić information content (AvgIpc) is 2.56. The van der Waals surface area contributed by atoms with E-state index in [1.165, 1.54) is 0 Å². The van der Waals surface area contributed by atoms with Gasteiger partial charge in [0.1, 0.15) is 24.4 Å². The molecule has 0 saturated carbocycles. The highest BCUT2D eigenvalue weighted by Gasteiger charge is 2.45. The van der Waals surface area contributed by atoms with E-state index in [1.54, 1.807) is 0 Å². The van der Waals surface area contributed by atoms with Crippen LogP contribution in [-0.4, -0.2) is 87.1 Å². The number of aliphatic hydroxyl groups is 5. The minimum Gasteiger partial charge on any atom is -0.446 e. The van der Waals surface area contributed by atoms with Gasteiger partial charge in [0.15, 0.2) is 5.60 Å². The number of carbonyl (C=O) groups excluding carboxylic acids is 2. The van der Waals surface area contributed by atoms with Gasteiger partial charge in [-0.1, -0.05) is 6.58 Å². The van der Waals surface area contributed by atoms with E-state index >= 15 is 0 Å². The molecule has 0 aromatic heterocycles. The van der Waals surface area contributed by atoms with Gasteiger partial charge in [-0.05, 0) is 13.8 Å². The Labute approximate surface area is 133 Å². The lowest BCUT2D eigenvalue weighted by atomic mass is 9.91. The van der Waals surface area contributed by atoms with Crippen molar-refractivity contribution in [3.8, 4) is 0 Å². The first kappa shape index (κ1) is 21.6. The van der Waals surface area contributed by atoms with Gasteiger partial charge in [-0.2, -0.15) is 0 Å². The van der Waals surface area contributed by atoms with Crippen molar-refractivity contribution < 1.29 is 44.6 Å². The number of ether oxygens (including phenoxy) is 2. The van der Waals surface area contributed by atoms with Gasteiger partial charge in [0.2, 0.25) is 5.78 Å². The number of hydrogen-bond donors (Lipinski definition) is 5. The molecule has 0 saturated heterocycles. The van der Waals surface area contributed by atoms with Crippen LogP contribution in [0.4, 0.5) is 0 Å². The van der Waals surface area contributed by atoms with Crippen LogP contribution in [0.2, 0.25) is 0 Å². The van der Waals surface area contributed by atoms with Gasteiger partial charge in [0.25, 0.3) is 0 Å². The van der Waals surface area contributed by atoms with Gasteiger partial charge >= 0.3 is 5.97 Å². The lowest BCUT2D eigenvalue weighted by molar-refractivity contribution is -0.179. The molecule has 0 amide bonds. The Morgan fingerprint density at radius 2 is 1.78 bits per heavy atom. The van der Waals surface area contributed by atoms with Crippen molar-refractivity contribution in [2.45, 2.75) is 36.9 Å². The molecule has 9 nitrogen and oxygen atoms in total. The van der Waals surface area contributed by atoms with Crippen LogP contribution in [-0.2, 0) is 19.1 Å². The van der Waals surface area contributed by atoms with Crippen LogP contribution in [0.15, 0.2) is 12.7 Å². The van der Waals surface area contributed by atoms with Crippen LogP contribution >= 0.6 is 0 Å². The smallest absolute Gasteiger partial charge is 0.331 e. The first-order chi connectivity index (χ1) is 10.6. The van der Waals surface area contributed by atoms with E-state index in [-0.39, 0.29) is 6.61 Å². The summed E-state index contributed by atoms with van der Waals surface area (Å²) in [6.07, 6.45) is -7.30. The van der Waals surface area contributed by atoms with Crippen LogP contribution in [0, 0.1) is 6.92 Å². The van der Waals surface area contributed by atoms with Crippen molar-refractivity contribution in [2.24, 2.45) is 0 Å². The molecule has 1 unspecified atom stereocenters. The van der Waals surface area contributed by atoms with E-state index in [0.29, 0.717) is 0 Å². The highest BCUT2D eigenvalue weighted by molar-refractivity contribution is 5.94. The van der Waals surface area contributed by atoms with Crippen molar-refractivity contribution in [3.05, 3.63) is 19.6 Å². The molecular formula is C14H23O9. The fraction of sp³-hybridized carbons (Fsp3) is 0.643. The maximum Gasteiger partial charge on any atom is 0.331 e. The Kier molecular flexibility index (Phi) is 9.13. The molecule has 0 fully saturated rings. The lowest BCUT2D eigenvalue weighted by Gasteiger charge is -2.32. The van der Waals surface area contributed by atoms with Crippen LogP contribution in [0.1, 0.15) is 6.92 Å². The molecule has 0 aromatic carbocycles. The first-order valence-electron chi connectivity index (χ1n) is 6.74. The second kappa shape index (κ2) is 9.71. The number of carbonyl (C=O) groups is 2. The zero-order valence-electron chi connectivity index (χ0n) is 12.8. The Morgan fingerprint density at radius 1 is 1.22 bits per heavy atom. The minimum atomic E-state index is -2.21. The molecule has 0 aliphatic heterocycles. The molecule has 0 spiro atoms. The zero-order valence-corrected chi connectivity index (χ0v) is 12.8. The number of esters is 1. The molecule has 0 aliphatic carbocycles. The van der Waals surface area contributed by atoms with Crippen LogP contribution in [0.3, 0.4) is 0 Å². The summed E-state index contributed by atoms with van der Waals surface area (Å²) in [7, 11) is 0. The van der Waals surface area contributed by atoms with E-state index < -0.39 is 55.0 Å². The van der Waals surface area contributed by atoms with Crippen molar-refractivity contribution in [1.29, 1.82) is 0 Å². The third-order valence-electron chi connectivity index (χ3n) is 3.06. The maximum absolute atomic E-state index is 12.3. The molecule has 1 radical (unpaired) electrons. The predicted octanol–water partition coefficient (Wildman–Crippen LogP) is -2.67. The molecule has 0 rings (SSSR count). The molecular weight excluding hydrogens is 312 g/mol. The topological polar surface area (TPSA) is 154 Å². The molecule has 0 bridgehead atoms. The summed E-state index contributed by atoms with van der Waals surface area (Å²) >= 11 is 0. The quantitative estimate of drug-likeness (QED) is 0.201. The number of rotatable bonds is 11. The van der Waals surface area contributed by atoms with Crippen molar-refractivity contribution in [3.63, 3.8) is 0 Å². The van der Waals surface area contributed by atoms with E-state index in [0.717, 1.165) is 13.0 Å². The van der Waals surface area contributed by atoms with E-state index in [9.17, 15) is 30.0 Å². The lowest BCUT2D eigenvalue weighted by Crippen LogP contribution is -2.56. The van der Waals surface area contributed by atoms with E-state index in [2.05, 4.69) is 13.5 Å². The van der Waals surface area contributed by atoms with Gasteiger partial charge in [-0.15, -0.1) is 0 Å². The fourth-order valence-corrected chi connectivity index (χ4v) is 1.67. The molecule has 5 atom stereocenters. The number of ketones is 1. The molecule has 0 aliphatic rings. The third kappa shape index (κ3) is 5.98. The van der Waals surface area contributed by atoms with Gasteiger partial charge in [0, 0.05) is 12.7 Å². The normalized spacial score (nSPS) is 19.1. The molecule has 133 valence electrons. The maximum atomic E-state index is 12.3. The Hall–Kier alpha value is -1.36. The molecule has 5 N–H and O–H groups in total. The van der Waals surface area contributed by atoms with Crippen molar-refractivity contribution in [1.82, 2.24) is 0 Å². The standard InChI is InChI=1S/C14H23O9/c1-4-9(17)23-14(3,7-22-5-2)13(21)12(20)11(19)10(18)8(16)6-15/h4,8,10-12,15-16,18-20H,1-2,5-7H2,3H3/t8-,10-,11+,12-,14?/m1/s1. The summed E-state index contributed by atoms with van der Waals surface area (Å²) in [5, 5.41) is 47.1. The third-order valence-corrected chi connectivity index (χ3v) is 3.06. The van der Waals surface area contributed by atoms with Crippen molar-refractivity contribution >= 4 is 11.8 Å². The zero-order chi connectivity index (χ0) is 18.2. The fourth-order valence-electron chi connectivity index (χ4n) is 1.67. The number of aliphatic hydroxyl groups excluding tert-OH is 5. The molecule has 0 aromatic rings. The van der Waals surface area contributed by atoms with Gasteiger partial charge in [0.05, 0.1) is 13.2 Å². The summed E-state index contributed by atoms with van der Waals surface area (Å²) in [6.45, 7) is 6.28. The van der Waals surface area contributed by atoms with E-state index in [1.807, 2.05) is 0 Å². The second-order valence-electron chi connectivity index (χ2n) is 4.95. The van der Waals surface area contributed by atoms with Crippen LogP contribution < -0.4 is 0 Å².